The van der Waals surface area contributed by atoms with Crippen LogP contribution in [-0.2, 0) is 4.74 Å². The highest BCUT2D eigenvalue weighted by Crippen LogP contribution is 2.12. The molecule has 4 nitrogen and oxygen atoms in total. The molecule has 13 heavy (non-hydrogen) atoms. The van der Waals surface area contributed by atoms with E-state index in [1.54, 1.807) is 0 Å². The SMILES string of the molecule is COC(=O)NCC1CCN(C)C1.Cl. The minimum Gasteiger partial charge on any atom is -0.453 e. The number of amides is 1. The topological polar surface area (TPSA) is 41.6 Å². The van der Waals surface area contributed by atoms with Crippen LogP contribution in [0.1, 0.15) is 6.42 Å². The van der Waals surface area contributed by atoms with Crippen molar-refractivity contribution in [3.8, 4) is 0 Å². The van der Waals surface area contributed by atoms with Crippen LogP contribution >= 0.6 is 12.4 Å². The molecule has 0 spiro atoms. The first kappa shape index (κ1) is 12.5. The number of ether oxygens (including phenoxy) is 1. The van der Waals surface area contributed by atoms with Crippen LogP contribution in [-0.4, -0.2) is 44.8 Å². The average Bonchev–Trinajstić information content (AvgIpc) is 2.47. The molecule has 0 aromatic heterocycles. The van der Waals surface area contributed by atoms with E-state index >= 15 is 0 Å². The van der Waals surface area contributed by atoms with Crippen LogP contribution in [0.4, 0.5) is 4.79 Å². The number of alkyl carbamates (subject to hydrolysis) is 1. The molecule has 0 bridgehead atoms. The van der Waals surface area contributed by atoms with Crippen molar-refractivity contribution in [1.29, 1.82) is 0 Å². The molecule has 1 rings (SSSR count). The number of halogens is 1. The zero-order valence-corrected chi connectivity index (χ0v) is 8.89. The van der Waals surface area contributed by atoms with Crippen molar-refractivity contribution in [1.82, 2.24) is 10.2 Å². The van der Waals surface area contributed by atoms with Crippen molar-refractivity contribution in [3.63, 3.8) is 0 Å². The summed E-state index contributed by atoms with van der Waals surface area (Å²) in [4.78, 5) is 13.0. The molecule has 1 unspecified atom stereocenters. The summed E-state index contributed by atoms with van der Waals surface area (Å²) in [5, 5.41) is 2.71. The summed E-state index contributed by atoms with van der Waals surface area (Å²) >= 11 is 0. The van der Waals surface area contributed by atoms with Crippen molar-refractivity contribution in [3.05, 3.63) is 0 Å². The predicted molar refractivity (Wildman–Crippen MR) is 53.3 cm³/mol. The molecule has 1 aliphatic rings. The average molecular weight is 209 g/mol. The van der Waals surface area contributed by atoms with E-state index in [1.807, 2.05) is 0 Å². The zero-order chi connectivity index (χ0) is 8.97. The fraction of sp³-hybridized carbons (Fsp3) is 0.875. The number of hydrogen-bond donors (Lipinski definition) is 1. The monoisotopic (exact) mass is 208 g/mol. The summed E-state index contributed by atoms with van der Waals surface area (Å²) in [6.45, 7) is 2.94. The minimum atomic E-state index is -0.329. The third-order valence-electron chi connectivity index (χ3n) is 2.21. The van der Waals surface area contributed by atoms with Gasteiger partial charge in [0.15, 0.2) is 0 Å². The number of nitrogens with one attached hydrogen (secondary N) is 1. The van der Waals surface area contributed by atoms with Gasteiger partial charge < -0.3 is 15.0 Å². The first-order valence-corrected chi connectivity index (χ1v) is 4.22. The standard InChI is InChI=1S/C8H16N2O2.ClH/c1-10-4-3-7(6-10)5-9-8(11)12-2;/h7H,3-6H2,1-2H3,(H,9,11);1H. The lowest BCUT2D eigenvalue weighted by molar-refractivity contribution is 0.169. The van der Waals surface area contributed by atoms with Crippen molar-refractivity contribution >= 4 is 18.5 Å². The Morgan fingerprint density at radius 2 is 2.38 bits per heavy atom. The molecule has 1 N–H and O–H groups in total. The summed E-state index contributed by atoms with van der Waals surface area (Å²) in [5.74, 6) is 0.592. The van der Waals surface area contributed by atoms with E-state index in [0.717, 1.165) is 19.6 Å². The van der Waals surface area contributed by atoms with Gasteiger partial charge in [-0.2, -0.15) is 0 Å². The molecule has 1 heterocycles. The van der Waals surface area contributed by atoms with Gasteiger partial charge in [0.25, 0.3) is 0 Å². The highest BCUT2D eigenvalue weighted by atomic mass is 35.5. The molecule has 1 aliphatic heterocycles. The number of carbonyl (C=O) groups is 1. The van der Waals surface area contributed by atoms with Crippen LogP contribution in [0.25, 0.3) is 0 Å². The van der Waals surface area contributed by atoms with E-state index < -0.39 is 0 Å². The van der Waals surface area contributed by atoms with Crippen molar-refractivity contribution in [2.24, 2.45) is 5.92 Å². The third kappa shape index (κ3) is 4.33. The van der Waals surface area contributed by atoms with E-state index in [2.05, 4.69) is 22.0 Å². The Balaban J connectivity index is 0.00000144. The summed E-state index contributed by atoms with van der Waals surface area (Å²) in [6, 6.07) is 0. The van der Waals surface area contributed by atoms with Gasteiger partial charge in [0.2, 0.25) is 0 Å². The maximum absolute atomic E-state index is 10.7. The van der Waals surface area contributed by atoms with Gasteiger partial charge in [-0.25, -0.2) is 4.79 Å². The molecule has 1 atom stereocenters. The van der Waals surface area contributed by atoms with Crippen LogP contribution in [0, 0.1) is 5.92 Å². The van der Waals surface area contributed by atoms with E-state index in [0.29, 0.717) is 5.92 Å². The fourth-order valence-corrected chi connectivity index (χ4v) is 1.49. The van der Waals surface area contributed by atoms with Crippen molar-refractivity contribution < 1.29 is 9.53 Å². The Morgan fingerprint density at radius 1 is 1.69 bits per heavy atom. The summed E-state index contributed by atoms with van der Waals surface area (Å²) < 4.78 is 4.47. The van der Waals surface area contributed by atoms with Gasteiger partial charge in [0, 0.05) is 13.1 Å². The van der Waals surface area contributed by atoms with E-state index in [1.165, 1.54) is 13.5 Å². The first-order valence-electron chi connectivity index (χ1n) is 4.22. The lowest BCUT2D eigenvalue weighted by Crippen LogP contribution is -2.30. The molecule has 1 saturated heterocycles. The molecule has 1 amide bonds. The highest BCUT2D eigenvalue weighted by Gasteiger charge is 2.19. The molecule has 78 valence electrons. The molecule has 0 aromatic rings. The number of hydrogen-bond acceptors (Lipinski definition) is 3. The van der Waals surface area contributed by atoms with Crippen LogP contribution in [0.5, 0.6) is 0 Å². The minimum absolute atomic E-state index is 0. The Bertz CT molecular complexity index is 166. The maximum atomic E-state index is 10.7. The van der Waals surface area contributed by atoms with Crippen LogP contribution < -0.4 is 5.32 Å². The first-order chi connectivity index (χ1) is 5.72. The number of rotatable bonds is 2. The van der Waals surface area contributed by atoms with Gasteiger partial charge in [0.05, 0.1) is 7.11 Å². The summed E-state index contributed by atoms with van der Waals surface area (Å²) in [5.41, 5.74) is 0. The Hall–Kier alpha value is -0.480. The Morgan fingerprint density at radius 3 is 2.85 bits per heavy atom. The number of nitrogens with zero attached hydrogens (tertiary/aromatic N) is 1. The second kappa shape index (κ2) is 6.05. The Kier molecular flexibility index (Phi) is 5.82. The number of methoxy groups -OCH3 is 1. The van der Waals surface area contributed by atoms with Gasteiger partial charge >= 0.3 is 6.09 Å². The molecule has 0 aliphatic carbocycles. The van der Waals surface area contributed by atoms with Crippen LogP contribution in [0.2, 0.25) is 0 Å². The lowest BCUT2D eigenvalue weighted by Gasteiger charge is -2.10. The van der Waals surface area contributed by atoms with Gasteiger partial charge in [-0.05, 0) is 25.9 Å². The van der Waals surface area contributed by atoms with Crippen molar-refractivity contribution in [2.75, 3.05) is 33.8 Å². The zero-order valence-electron chi connectivity index (χ0n) is 8.08. The van der Waals surface area contributed by atoms with Crippen LogP contribution in [0.3, 0.4) is 0 Å². The van der Waals surface area contributed by atoms with E-state index in [9.17, 15) is 4.79 Å². The fourth-order valence-electron chi connectivity index (χ4n) is 1.49. The van der Waals surface area contributed by atoms with Gasteiger partial charge in [-0.1, -0.05) is 0 Å². The second-order valence-corrected chi connectivity index (χ2v) is 3.29. The highest BCUT2D eigenvalue weighted by molar-refractivity contribution is 5.85. The second-order valence-electron chi connectivity index (χ2n) is 3.29. The number of carbonyl (C=O) groups excluding carboxylic acids is 1. The maximum Gasteiger partial charge on any atom is 0.406 e. The number of likely N-dealkylation sites (tertiary alicyclic amines) is 1. The molecule has 0 aromatic carbocycles. The molecular formula is C8H17ClN2O2. The van der Waals surface area contributed by atoms with Gasteiger partial charge in [-0.15, -0.1) is 12.4 Å². The molecule has 0 radical (unpaired) electrons. The largest absolute Gasteiger partial charge is 0.453 e. The van der Waals surface area contributed by atoms with E-state index in [-0.39, 0.29) is 18.5 Å². The summed E-state index contributed by atoms with van der Waals surface area (Å²) in [6.07, 6.45) is 0.838. The molecule has 0 saturated carbocycles. The Labute approximate surface area is 85.0 Å². The smallest absolute Gasteiger partial charge is 0.406 e. The van der Waals surface area contributed by atoms with Gasteiger partial charge in [-0.3, -0.25) is 0 Å². The normalized spacial score (nSPS) is 22.2. The molecule has 1 fully saturated rings. The quantitative estimate of drug-likeness (QED) is 0.727. The molecular weight excluding hydrogens is 192 g/mol. The third-order valence-corrected chi connectivity index (χ3v) is 2.21. The van der Waals surface area contributed by atoms with Crippen LogP contribution in [0.15, 0.2) is 0 Å². The summed E-state index contributed by atoms with van der Waals surface area (Å²) in [7, 11) is 3.48. The predicted octanol–water partition coefficient (Wildman–Crippen LogP) is 0.716. The van der Waals surface area contributed by atoms with Gasteiger partial charge in [0.1, 0.15) is 0 Å². The van der Waals surface area contributed by atoms with E-state index in [4.69, 9.17) is 0 Å². The lowest BCUT2D eigenvalue weighted by atomic mass is 10.1. The molecule has 5 heteroatoms. The van der Waals surface area contributed by atoms with Crippen molar-refractivity contribution in [2.45, 2.75) is 6.42 Å².